The average Bonchev–Trinajstić information content (AvgIpc) is 2.66. The summed E-state index contributed by atoms with van der Waals surface area (Å²) in [6.45, 7) is 0. The van der Waals surface area contributed by atoms with E-state index in [1.54, 1.807) is 0 Å². The van der Waals surface area contributed by atoms with Gasteiger partial charge in [-0.25, -0.2) is 0 Å². The molecule has 0 saturated carbocycles. The summed E-state index contributed by atoms with van der Waals surface area (Å²) < 4.78 is 5.75. The fraction of sp³-hybridized carbons (Fsp3) is 0.143. The topological polar surface area (TPSA) is 75.2 Å². The van der Waals surface area contributed by atoms with Gasteiger partial charge in [0.25, 0.3) is 0 Å². The van der Waals surface area contributed by atoms with Gasteiger partial charge in [0.2, 0.25) is 5.88 Å². The second kappa shape index (κ2) is 6.08. The molecule has 0 saturated heterocycles. The van der Waals surface area contributed by atoms with Gasteiger partial charge in [-0.1, -0.05) is 30.3 Å². The number of para-hydroxylation sites is 1. The van der Waals surface area contributed by atoms with Gasteiger partial charge in [-0.05, 0) is 18.2 Å². The van der Waals surface area contributed by atoms with E-state index in [-0.39, 0.29) is 11.8 Å². The maximum atomic E-state index is 9.67. The first-order valence-corrected chi connectivity index (χ1v) is 8.33. The fourth-order valence-electron chi connectivity index (χ4n) is 3.27. The van der Waals surface area contributed by atoms with Crippen molar-refractivity contribution in [2.24, 2.45) is 5.73 Å². The SMILES string of the molecule is CN(C)c1ccc2c(c1)OC(N)=C(C#N)C2c1ccc2ccccc2n1. The Labute approximate surface area is 151 Å². The lowest BCUT2D eigenvalue weighted by Gasteiger charge is -2.27. The van der Waals surface area contributed by atoms with Gasteiger partial charge in [0.05, 0.1) is 17.1 Å². The first-order chi connectivity index (χ1) is 12.6. The molecule has 0 aliphatic carbocycles. The zero-order valence-electron chi connectivity index (χ0n) is 14.6. The third-order valence-electron chi connectivity index (χ3n) is 4.63. The zero-order valence-corrected chi connectivity index (χ0v) is 14.6. The molecule has 2 aromatic carbocycles. The number of ether oxygens (including phenoxy) is 1. The average molecular weight is 342 g/mol. The van der Waals surface area contributed by atoms with Gasteiger partial charge in [0, 0.05) is 36.8 Å². The third kappa shape index (κ3) is 2.52. The number of nitrogens with zero attached hydrogens (tertiary/aromatic N) is 3. The van der Waals surface area contributed by atoms with Gasteiger partial charge in [-0.15, -0.1) is 0 Å². The monoisotopic (exact) mass is 342 g/mol. The van der Waals surface area contributed by atoms with Crippen molar-refractivity contribution in [2.45, 2.75) is 5.92 Å². The van der Waals surface area contributed by atoms with E-state index in [4.69, 9.17) is 15.5 Å². The highest BCUT2D eigenvalue weighted by Crippen LogP contribution is 2.43. The molecule has 1 aliphatic heterocycles. The lowest BCUT2D eigenvalue weighted by atomic mass is 9.86. The quantitative estimate of drug-likeness (QED) is 0.771. The lowest BCUT2D eigenvalue weighted by Crippen LogP contribution is -2.22. The maximum absolute atomic E-state index is 9.67. The first kappa shape index (κ1) is 16.0. The number of pyridine rings is 1. The van der Waals surface area contributed by atoms with Gasteiger partial charge in [-0.3, -0.25) is 4.98 Å². The molecule has 0 amide bonds. The highest BCUT2D eigenvalue weighted by molar-refractivity contribution is 5.79. The maximum Gasteiger partial charge on any atom is 0.205 e. The molecule has 5 heteroatoms. The summed E-state index contributed by atoms with van der Waals surface area (Å²) in [7, 11) is 3.93. The van der Waals surface area contributed by atoms with Crippen LogP contribution < -0.4 is 15.4 Å². The van der Waals surface area contributed by atoms with Crippen LogP contribution in [0.5, 0.6) is 5.75 Å². The minimum absolute atomic E-state index is 0.135. The van der Waals surface area contributed by atoms with Crippen molar-refractivity contribution in [3.63, 3.8) is 0 Å². The predicted molar refractivity (Wildman–Crippen MR) is 102 cm³/mol. The molecule has 2 N–H and O–H groups in total. The van der Waals surface area contributed by atoms with Crippen LogP contribution in [0.1, 0.15) is 17.2 Å². The van der Waals surface area contributed by atoms with Crippen LogP contribution in [0.2, 0.25) is 0 Å². The van der Waals surface area contributed by atoms with Crippen LogP contribution in [0.4, 0.5) is 5.69 Å². The molecule has 4 rings (SSSR count). The van der Waals surface area contributed by atoms with Crippen LogP contribution in [0.15, 0.2) is 66.1 Å². The van der Waals surface area contributed by atoms with Gasteiger partial charge >= 0.3 is 0 Å². The zero-order chi connectivity index (χ0) is 18.3. The van der Waals surface area contributed by atoms with Gasteiger partial charge in [-0.2, -0.15) is 5.26 Å². The Kier molecular flexibility index (Phi) is 3.74. The van der Waals surface area contributed by atoms with Gasteiger partial charge in [0.15, 0.2) is 0 Å². The normalized spacial score (nSPS) is 16.0. The van der Waals surface area contributed by atoms with Gasteiger partial charge in [0.1, 0.15) is 17.4 Å². The Balaban J connectivity index is 1.91. The number of hydrogen-bond acceptors (Lipinski definition) is 5. The number of nitriles is 1. The smallest absolute Gasteiger partial charge is 0.205 e. The van der Waals surface area contributed by atoms with E-state index in [2.05, 4.69) is 6.07 Å². The Hall–Kier alpha value is -3.52. The van der Waals surface area contributed by atoms with Crippen LogP contribution in [0.25, 0.3) is 10.9 Å². The second-order valence-corrected chi connectivity index (χ2v) is 6.47. The van der Waals surface area contributed by atoms with E-state index >= 15 is 0 Å². The number of aromatic nitrogens is 1. The van der Waals surface area contributed by atoms with E-state index in [9.17, 15) is 5.26 Å². The van der Waals surface area contributed by atoms with E-state index in [1.165, 1.54) is 0 Å². The van der Waals surface area contributed by atoms with Crippen LogP contribution in [-0.2, 0) is 0 Å². The second-order valence-electron chi connectivity index (χ2n) is 6.47. The van der Waals surface area contributed by atoms with E-state index in [0.29, 0.717) is 11.3 Å². The Morgan fingerprint density at radius 1 is 1.12 bits per heavy atom. The lowest BCUT2D eigenvalue weighted by molar-refractivity contribution is 0.393. The van der Waals surface area contributed by atoms with E-state index in [1.807, 2.05) is 73.6 Å². The Morgan fingerprint density at radius 2 is 1.92 bits per heavy atom. The van der Waals surface area contributed by atoms with Crippen molar-refractivity contribution < 1.29 is 4.74 Å². The molecule has 1 aliphatic rings. The minimum Gasteiger partial charge on any atom is -0.440 e. The number of nitrogens with two attached hydrogens (primary N) is 1. The van der Waals surface area contributed by atoms with Crippen molar-refractivity contribution in [3.05, 3.63) is 77.3 Å². The van der Waals surface area contributed by atoms with Gasteiger partial charge < -0.3 is 15.4 Å². The molecule has 26 heavy (non-hydrogen) atoms. The molecule has 1 atom stereocenters. The van der Waals surface area contributed by atoms with Crippen molar-refractivity contribution in [2.75, 3.05) is 19.0 Å². The number of hydrogen-bond donors (Lipinski definition) is 1. The summed E-state index contributed by atoms with van der Waals surface area (Å²) in [6.07, 6.45) is 0. The van der Waals surface area contributed by atoms with Crippen molar-refractivity contribution >= 4 is 16.6 Å². The predicted octanol–water partition coefficient (Wildman–Crippen LogP) is 3.52. The molecule has 1 unspecified atom stereocenters. The Bertz CT molecular complexity index is 1080. The summed E-state index contributed by atoms with van der Waals surface area (Å²) in [4.78, 5) is 6.77. The number of fused-ring (bicyclic) bond motifs is 2. The molecular formula is C21H18N4O. The van der Waals surface area contributed by atoms with Crippen LogP contribution in [0.3, 0.4) is 0 Å². The molecule has 0 fully saturated rings. The molecule has 0 bridgehead atoms. The number of allylic oxidation sites excluding steroid dienone is 1. The number of anilines is 1. The van der Waals surface area contributed by atoms with Crippen molar-refractivity contribution in [1.82, 2.24) is 4.98 Å². The summed E-state index contributed by atoms with van der Waals surface area (Å²) in [5.41, 5.74) is 10.0. The molecule has 2 heterocycles. The van der Waals surface area contributed by atoms with Crippen molar-refractivity contribution in [3.8, 4) is 11.8 Å². The molecule has 5 nitrogen and oxygen atoms in total. The number of rotatable bonds is 2. The summed E-state index contributed by atoms with van der Waals surface area (Å²) in [5, 5.41) is 10.7. The third-order valence-corrected chi connectivity index (χ3v) is 4.63. The largest absolute Gasteiger partial charge is 0.440 e. The standard InChI is InChI=1S/C21H18N4O/c1-25(2)14-8-9-15-19(11-14)26-21(23)16(12-22)20(15)18-10-7-13-5-3-4-6-17(13)24-18/h3-11,20H,23H2,1-2H3. The van der Waals surface area contributed by atoms with E-state index < -0.39 is 0 Å². The van der Waals surface area contributed by atoms with Crippen molar-refractivity contribution in [1.29, 1.82) is 5.26 Å². The minimum atomic E-state index is -0.343. The molecule has 0 spiro atoms. The highest BCUT2D eigenvalue weighted by atomic mass is 16.5. The molecule has 0 radical (unpaired) electrons. The van der Waals surface area contributed by atoms with E-state index in [0.717, 1.165) is 27.8 Å². The molecule has 1 aromatic heterocycles. The fourth-order valence-corrected chi connectivity index (χ4v) is 3.27. The number of benzene rings is 2. The first-order valence-electron chi connectivity index (χ1n) is 8.33. The van der Waals surface area contributed by atoms with Crippen LogP contribution in [-0.4, -0.2) is 19.1 Å². The molecule has 128 valence electrons. The Morgan fingerprint density at radius 3 is 2.69 bits per heavy atom. The molecular weight excluding hydrogens is 324 g/mol. The van der Waals surface area contributed by atoms with Crippen LogP contribution in [0, 0.1) is 11.3 Å². The summed E-state index contributed by atoms with van der Waals surface area (Å²) >= 11 is 0. The van der Waals surface area contributed by atoms with Crippen LogP contribution >= 0.6 is 0 Å². The summed E-state index contributed by atoms with van der Waals surface area (Å²) in [5.74, 6) is 0.452. The summed E-state index contributed by atoms with van der Waals surface area (Å²) in [6, 6.07) is 20.0. The highest BCUT2D eigenvalue weighted by Gasteiger charge is 2.31. The molecule has 3 aromatic rings.